The average Bonchev–Trinajstić information content (AvgIpc) is 2.56. The number of hydrogen-bond donors (Lipinski definition) is 2. The third kappa shape index (κ3) is 5.84. The number of hydrogen-bond acceptors (Lipinski definition) is 3. The SMILES string of the molecule is CNC(=O)CC1CCN(C(=O)CC(N)c2ccccc2)CC1.Cl. The molecule has 1 saturated heterocycles. The van der Waals surface area contributed by atoms with E-state index in [-0.39, 0.29) is 30.3 Å². The van der Waals surface area contributed by atoms with E-state index in [9.17, 15) is 9.59 Å². The second-order valence-corrected chi connectivity index (χ2v) is 5.92. The van der Waals surface area contributed by atoms with E-state index < -0.39 is 0 Å². The minimum absolute atomic E-state index is 0. The Morgan fingerprint density at radius 1 is 1.26 bits per heavy atom. The fourth-order valence-electron chi connectivity index (χ4n) is 2.89. The van der Waals surface area contributed by atoms with Gasteiger partial charge < -0.3 is 16.0 Å². The molecule has 0 aliphatic carbocycles. The fraction of sp³-hybridized carbons (Fsp3) is 0.529. The number of benzene rings is 1. The summed E-state index contributed by atoms with van der Waals surface area (Å²) < 4.78 is 0. The molecule has 0 bridgehead atoms. The number of carbonyl (C=O) groups excluding carboxylic acids is 2. The van der Waals surface area contributed by atoms with Gasteiger partial charge in [-0.05, 0) is 24.3 Å². The van der Waals surface area contributed by atoms with Crippen LogP contribution in [0.25, 0.3) is 0 Å². The number of nitrogens with two attached hydrogens (primary N) is 1. The highest BCUT2D eigenvalue weighted by molar-refractivity contribution is 5.85. The van der Waals surface area contributed by atoms with E-state index >= 15 is 0 Å². The van der Waals surface area contributed by atoms with Crippen molar-refractivity contribution < 1.29 is 9.59 Å². The molecule has 6 heteroatoms. The normalized spacial score (nSPS) is 16.3. The van der Waals surface area contributed by atoms with Crippen LogP contribution in [-0.2, 0) is 9.59 Å². The maximum Gasteiger partial charge on any atom is 0.224 e. The third-order valence-corrected chi connectivity index (χ3v) is 4.34. The first-order valence-corrected chi connectivity index (χ1v) is 7.89. The summed E-state index contributed by atoms with van der Waals surface area (Å²) in [5, 5.41) is 2.65. The Morgan fingerprint density at radius 3 is 2.43 bits per heavy atom. The molecule has 1 unspecified atom stereocenters. The van der Waals surface area contributed by atoms with Crippen LogP contribution >= 0.6 is 12.4 Å². The van der Waals surface area contributed by atoms with Crippen molar-refractivity contribution in [2.45, 2.75) is 31.7 Å². The Labute approximate surface area is 144 Å². The van der Waals surface area contributed by atoms with Crippen molar-refractivity contribution in [3.63, 3.8) is 0 Å². The predicted octanol–water partition coefficient (Wildman–Crippen LogP) is 1.87. The Bertz CT molecular complexity index is 502. The molecule has 1 aromatic carbocycles. The summed E-state index contributed by atoms with van der Waals surface area (Å²) in [7, 11) is 1.66. The molecule has 0 radical (unpaired) electrons. The van der Waals surface area contributed by atoms with Crippen LogP contribution in [0.5, 0.6) is 0 Å². The molecular formula is C17H26ClN3O2. The lowest BCUT2D eigenvalue weighted by Crippen LogP contribution is -2.40. The van der Waals surface area contributed by atoms with Crippen LogP contribution < -0.4 is 11.1 Å². The number of rotatable bonds is 5. The van der Waals surface area contributed by atoms with Gasteiger partial charge >= 0.3 is 0 Å². The van der Waals surface area contributed by atoms with Crippen LogP contribution in [0.1, 0.15) is 37.3 Å². The maximum absolute atomic E-state index is 12.3. The summed E-state index contributed by atoms with van der Waals surface area (Å²) in [5.41, 5.74) is 7.10. The minimum Gasteiger partial charge on any atom is -0.359 e. The fourth-order valence-corrected chi connectivity index (χ4v) is 2.89. The van der Waals surface area contributed by atoms with Gasteiger partial charge in [0, 0.05) is 39.0 Å². The number of likely N-dealkylation sites (tertiary alicyclic amines) is 1. The molecule has 1 aromatic rings. The molecule has 5 nitrogen and oxygen atoms in total. The van der Waals surface area contributed by atoms with Gasteiger partial charge in [0.1, 0.15) is 0 Å². The summed E-state index contributed by atoms with van der Waals surface area (Å²) in [6.45, 7) is 1.45. The van der Waals surface area contributed by atoms with Crippen molar-refractivity contribution in [3.05, 3.63) is 35.9 Å². The number of nitrogens with zero attached hydrogens (tertiary/aromatic N) is 1. The highest BCUT2D eigenvalue weighted by Crippen LogP contribution is 2.22. The molecule has 1 aliphatic heterocycles. The predicted molar refractivity (Wildman–Crippen MR) is 93.2 cm³/mol. The quantitative estimate of drug-likeness (QED) is 0.860. The Hall–Kier alpha value is -1.59. The summed E-state index contributed by atoms with van der Waals surface area (Å²) in [6.07, 6.45) is 2.67. The van der Waals surface area contributed by atoms with E-state index in [2.05, 4.69) is 5.32 Å². The van der Waals surface area contributed by atoms with Gasteiger partial charge in [-0.2, -0.15) is 0 Å². The molecule has 1 atom stereocenters. The van der Waals surface area contributed by atoms with Gasteiger partial charge in [0.2, 0.25) is 11.8 Å². The van der Waals surface area contributed by atoms with Gasteiger partial charge in [-0.15, -0.1) is 12.4 Å². The number of amides is 2. The van der Waals surface area contributed by atoms with Crippen LogP contribution in [0.4, 0.5) is 0 Å². The standard InChI is InChI=1S/C17H25N3O2.ClH/c1-19-16(21)11-13-7-9-20(10-8-13)17(22)12-15(18)14-5-3-2-4-6-14;/h2-6,13,15H,7-12,18H2,1H3,(H,19,21);1H. The van der Waals surface area contributed by atoms with Crippen molar-refractivity contribution >= 4 is 24.2 Å². The van der Waals surface area contributed by atoms with E-state index in [1.54, 1.807) is 7.05 Å². The molecule has 2 amide bonds. The third-order valence-electron chi connectivity index (χ3n) is 4.34. The molecule has 1 aliphatic rings. The lowest BCUT2D eigenvalue weighted by molar-refractivity contribution is -0.133. The highest BCUT2D eigenvalue weighted by Gasteiger charge is 2.25. The van der Waals surface area contributed by atoms with Crippen molar-refractivity contribution in [2.24, 2.45) is 11.7 Å². The van der Waals surface area contributed by atoms with E-state index in [0.717, 1.165) is 31.5 Å². The molecule has 128 valence electrons. The number of carbonyl (C=O) groups is 2. The zero-order valence-corrected chi connectivity index (χ0v) is 14.3. The topological polar surface area (TPSA) is 75.4 Å². The van der Waals surface area contributed by atoms with Crippen LogP contribution in [0.15, 0.2) is 30.3 Å². The van der Waals surface area contributed by atoms with Crippen LogP contribution in [0, 0.1) is 5.92 Å². The average molecular weight is 340 g/mol. The van der Waals surface area contributed by atoms with Crippen LogP contribution in [0.3, 0.4) is 0 Å². The van der Waals surface area contributed by atoms with Crippen LogP contribution in [-0.4, -0.2) is 36.9 Å². The highest BCUT2D eigenvalue weighted by atomic mass is 35.5. The van der Waals surface area contributed by atoms with E-state index in [1.807, 2.05) is 35.2 Å². The maximum atomic E-state index is 12.3. The van der Waals surface area contributed by atoms with E-state index in [0.29, 0.717) is 18.8 Å². The first kappa shape index (κ1) is 19.5. The minimum atomic E-state index is -0.253. The second-order valence-electron chi connectivity index (χ2n) is 5.92. The number of piperidine rings is 1. The summed E-state index contributed by atoms with van der Waals surface area (Å²) >= 11 is 0. The van der Waals surface area contributed by atoms with Crippen molar-refractivity contribution in [2.75, 3.05) is 20.1 Å². The van der Waals surface area contributed by atoms with E-state index in [4.69, 9.17) is 5.73 Å². The first-order valence-electron chi connectivity index (χ1n) is 7.89. The van der Waals surface area contributed by atoms with Gasteiger partial charge in [0.05, 0.1) is 0 Å². The Morgan fingerprint density at radius 2 is 1.87 bits per heavy atom. The van der Waals surface area contributed by atoms with E-state index in [1.165, 1.54) is 0 Å². The summed E-state index contributed by atoms with van der Waals surface area (Å²) in [4.78, 5) is 25.6. The van der Waals surface area contributed by atoms with Gasteiger partial charge in [0.25, 0.3) is 0 Å². The number of halogens is 1. The summed E-state index contributed by atoms with van der Waals surface area (Å²) in [6, 6.07) is 9.46. The summed E-state index contributed by atoms with van der Waals surface area (Å²) in [5.74, 6) is 0.567. The molecule has 1 fully saturated rings. The Kier molecular flexibility index (Phi) is 8.06. The first-order chi connectivity index (χ1) is 10.6. The van der Waals surface area contributed by atoms with Crippen molar-refractivity contribution in [3.8, 4) is 0 Å². The van der Waals surface area contributed by atoms with Crippen molar-refractivity contribution in [1.82, 2.24) is 10.2 Å². The molecule has 0 spiro atoms. The van der Waals surface area contributed by atoms with Gasteiger partial charge in [-0.1, -0.05) is 30.3 Å². The van der Waals surface area contributed by atoms with Gasteiger partial charge in [0.15, 0.2) is 0 Å². The molecule has 1 heterocycles. The molecule has 23 heavy (non-hydrogen) atoms. The smallest absolute Gasteiger partial charge is 0.224 e. The molecular weight excluding hydrogens is 314 g/mol. The Balaban J connectivity index is 0.00000264. The largest absolute Gasteiger partial charge is 0.359 e. The monoisotopic (exact) mass is 339 g/mol. The van der Waals surface area contributed by atoms with Crippen LogP contribution in [0.2, 0.25) is 0 Å². The number of nitrogens with one attached hydrogen (secondary N) is 1. The molecule has 0 saturated carbocycles. The van der Waals surface area contributed by atoms with Gasteiger partial charge in [-0.3, -0.25) is 9.59 Å². The second kappa shape index (κ2) is 9.53. The lowest BCUT2D eigenvalue weighted by atomic mass is 9.92. The zero-order valence-electron chi connectivity index (χ0n) is 13.5. The van der Waals surface area contributed by atoms with Gasteiger partial charge in [-0.25, -0.2) is 0 Å². The lowest BCUT2D eigenvalue weighted by Gasteiger charge is -2.32. The molecule has 3 N–H and O–H groups in total. The molecule has 2 rings (SSSR count). The molecule has 0 aromatic heterocycles. The zero-order chi connectivity index (χ0) is 15.9. The van der Waals surface area contributed by atoms with Crippen molar-refractivity contribution in [1.29, 1.82) is 0 Å².